The first-order valence-electron chi connectivity index (χ1n) is 18.7. The summed E-state index contributed by atoms with van der Waals surface area (Å²) in [6, 6.07) is 78.0. The molecule has 270 valence electrons. The number of ketones is 2. The highest BCUT2D eigenvalue weighted by molar-refractivity contribution is 7.95. The van der Waals surface area contributed by atoms with Crippen molar-refractivity contribution < 1.29 is 9.59 Å². The Morgan fingerprint density at radius 2 is 0.464 bits per heavy atom. The minimum absolute atomic E-state index is 0.0139. The number of hydrogen-bond donors (Lipinski definition) is 0. The molecule has 4 heteroatoms. The Morgan fingerprint density at radius 1 is 0.268 bits per heavy atom. The predicted molar refractivity (Wildman–Crippen MR) is 243 cm³/mol. The molecule has 2 nitrogen and oxygen atoms in total. The monoisotopic (exact) mass is 758 g/mol. The third kappa shape index (κ3) is 7.26. The number of carbonyl (C=O) groups excluding carboxylic acids is 2. The summed E-state index contributed by atoms with van der Waals surface area (Å²) in [4.78, 5) is 28.6. The molecule has 8 aromatic carbocycles. The smallest absolute Gasteiger partial charge is 0.186 e. The van der Waals surface area contributed by atoms with Crippen molar-refractivity contribution >= 4 is 68.8 Å². The van der Waals surface area contributed by atoms with Gasteiger partial charge >= 0.3 is 0 Å². The van der Waals surface area contributed by atoms with Crippen LogP contribution in [0.2, 0.25) is 0 Å². The first kappa shape index (κ1) is 36.7. The first-order chi connectivity index (χ1) is 27.6. The fraction of sp³-hybridized carbons (Fsp3) is 0. The molecule has 0 aliphatic heterocycles. The number of hydrogen-bond acceptors (Lipinski definition) is 2. The van der Waals surface area contributed by atoms with E-state index in [0.717, 1.165) is 43.0 Å². The van der Waals surface area contributed by atoms with Crippen molar-refractivity contribution in [3.05, 3.63) is 242 Å². The van der Waals surface area contributed by atoms with Gasteiger partial charge in [-0.2, -0.15) is 0 Å². The highest BCUT2D eigenvalue weighted by Gasteiger charge is 2.28. The Labute approximate surface area is 329 Å². The zero-order valence-electron chi connectivity index (χ0n) is 30.8. The Kier molecular flexibility index (Phi) is 10.9. The second-order valence-corrected chi connectivity index (χ2v) is 20.1. The van der Waals surface area contributed by atoms with Crippen LogP contribution in [0.4, 0.5) is 0 Å². The van der Waals surface area contributed by atoms with Gasteiger partial charge in [-0.05, 0) is 68.3 Å². The molecular formula is C52H40O2P2. The fourth-order valence-corrected chi connectivity index (χ4v) is 15.0. The lowest BCUT2D eigenvalue weighted by atomic mass is 10.0. The number of rotatable bonds is 11. The standard InChI is InChI=1S/C52H40O2P2/c53-51(39-55(45-19-7-1-8-20-45,46-21-9-2-10-22-46)47-23-11-3-12-24-47)43-35-31-41(32-36-43)42-33-37-44(38-34-42)52(54)40-56(48-25-13-4-14-26-48,49-27-15-5-16-28-49)50-29-17-6-18-30-50/h1-40H. The van der Waals surface area contributed by atoms with Gasteiger partial charge in [0.1, 0.15) is 0 Å². The molecule has 8 aromatic rings. The minimum Gasteiger partial charge on any atom is -0.289 e. The van der Waals surface area contributed by atoms with Crippen LogP contribution in [0.5, 0.6) is 0 Å². The summed E-state index contributed by atoms with van der Waals surface area (Å²) in [6.45, 7) is -4.88. The Balaban J connectivity index is 1.14. The van der Waals surface area contributed by atoms with Crippen LogP contribution < -0.4 is 31.8 Å². The largest absolute Gasteiger partial charge is 0.289 e. The van der Waals surface area contributed by atoms with Gasteiger partial charge in [-0.25, -0.2) is 0 Å². The topological polar surface area (TPSA) is 34.1 Å². The predicted octanol–water partition coefficient (Wildman–Crippen LogP) is 9.31. The molecule has 0 aromatic heterocycles. The summed E-state index contributed by atoms with van der Waals surface area (Å²) < 4.78 is 0. The maximum absolute atomic E-state index is 14.3. The lowest BCUT2D eigenvalue weighted by molar-refractivity contribution is 0.106. The minimum atomic E-state index is -2.44. The SMILES string of the molecule is O=C(C=P(c1ccccc1)(c1ccccc1)c1ccccc1)c1ccc(-c2ccc(C(=O)C=P(c3ccccc3)(c3ccccc3)c3ccccc3)cc2)cc1. The van der Waals surface area contributed by atoms with E-state index in [2.05, 4.69) is 72.8 Å². The van der Waals surface area contributed by atoms with Crippen LogP contribution in [0.1, 0.15) is 20.7 Å². The van der Waals surface area contributed by atoms with Crippen molar-refractivity contribution in [2.75, 3.05) is 0 Å². The third-order valence-corrected chi connectivity index (χ3v) is 18.2. The molecule has 56 heavy (non-hydrogen) atoms. The van der Waals surface area contributed by atoms with E-state index in [4.69, 9.17) is 0 Å². The quantitative estimate of drug-likeness (QED) is 0.0974. The Hall–Kier alpha value is -6.30. The lowest BCUT2D eigenvalue weighted by Crippen LogP contribution is -2.28. The van der Waals surface area contributed by atoms with Gasteiger partial charge < -0.3 is 0 Å². The van der Waals surface area contributed by atoms with E-state index in [1.165, 1.54) is 0 Å². The van der Waals surface area contributed by atoms with Gasteiger partial charge in [0.25, 0.3) is 0 Å². The molecule has 0 aliphatic rings. The fourth-order valence-electron chi connectivity index (χ4n) is 7.48. The highest BCUT2D eigenvalue weighted by Crippen LogP contribution is 2.45. The van der Waals surface area contributed by atoms with Crippen molar-refractivity contribution in [3.63, 3.8) is 0 Å². The number of Topliss-reactive ketones (excluding diaryl/α,β-unsaturated/α-hetero) is 2. The van der Waals surface area contributed by atoms with Crippen molar-refractivity contribution in [1.29, 1.82) is 0 Å². The molecule has 0 aliphatic carbocycles. The molecule has 0 bridgehead atoms. The van der Waals surface area contributed by atoms with E-state index in [0.29, 0.717) is 11.1 Å². The molecule has 0 saturated carbocycles. The van der Waals surface area contributed by atoms with Gasteiger partial charge in [-0.3, -0.25) is 9.59 Å². The molecule has 0 amide bonds. The van der Waals surface area contributed by atoms with Crippen molar-refractivity contribution in [3.8, 4) is 11.1 Å². The zero-order valence-corrected chi connectivity index (χ0v) is 32.6. The van der Waals surface area contributed by atoms with E-state index in [9.17, 15) is 9.59 Å². The normalized spacial score (nSPS) is 11.4. The summed E-state index contributed by atoms with van der Waals surface area (Å²) in [5.41, 5.74) is 3.20. The van der Waals surface area contributed by atoms with Crippen LogP contribution in [0.15, 0.2) is 231 Å². The zero-order chi connectivity index (χ0) is 38.2. The van der Waals surface area contributed by atoms with Crippen molar-refractivity contribution in [2.45, 2.75) is 0 Å². The van der Waals surface area contributed by atoms with Crippen molar-refractivity contribution in [2.24, 2.45) is 0 Å². The van der Waals surface area contributed by atoms with Gasteiger partial charge in [-0.1, -0.05) is 231 Å². The highest BCUT2D eigenvalue weighted by atomic mass is 31.2. The maximum atomic E-state index is 14.3. The average Bonchev–Trinajstić information content (AvgIpc) is 3.29. The molecular weight excluding hydrogens is 719 g/mol. The van der Waals surface area contributed by atoms with E-state index in [1.54, 1.807) is 0 Å². The summed E-state index contributed by atoms with van der Waals surface area (Å²) in [5, 5.41) is 6.78. The van der Waals surface area contributed by atoms with Crippen LogP contribution in [0.25, 0.3) is 11.1 Å². The van der Waals surface area contributed by atoms with Gasteiger partial charge in [-0.15, -0.1) is 0 Å². The molecule has 0 fully saturated rings. The molecule has 0 unspecified atom stereocenters. The Bertz CT molecular complexity index is 2280. The van der Waals surface area contributed by atoms with Gasteiger partial charge in [0.05, 0.1) is 0 Å². The molecule has 0 radical (unpaired) electrons. The van der Waals surface area contributed by atoms with Crippen molar-refractivity contribution in [1.82, 2.24) is 0 Å². The molecule has 0 spiro atoms. The average molecular weight is 759 g/mol. The first-order valence-corrected chi connectivity index (χ1v) is 22.4. The van der Waals surface area contributed by atoms with Crippen LogP contribution >= 0.6 is 13.8 Å². The van der Waals surface area contributed by atoms with Crippen LogP contribution in [-0.2, 0) is 0 Å². The lowest BCUT2D eigenvalue weighted by Gasteiger charge is -2.28. The van der Waals surface area contributed by atoms with E-state index >= 15 is 0 Å². The summed E-state index contributed by atoms with van der Waals surface area (Å²) in [7, 11) is 0. The summed E-state index contributed by atoms with van der Waals surface area (Å²) in [5.74, 6) is 3.92. The van der Waals surface area contributed by atoms with Gasteiger partial charge in [0.15, 0.2) is 11.6 Å². The van der Waals surface area contributed by atoms with Gasteiger partial charge in [0.2, 0.25) is 0 Å². The molecule has 8 rings (SSSR count). The maximum Gasteiger partial charge on any atom is 0.186 e. The van der Waals surface area contributed by atoms with Crippen LogP contribution in [0, 0.1) is 0 Å². The summed E-state index contributed by atoms with van der Waals surface area (Å²) in [6.07, 6.45) is 0. The van der Waals surface area contributed by atoms with E-state index in [1.807, 2.05) is 169 Å². The third-order valence-electron chi connectivity index (χ3n) is 10.3. The molecule has 0 atom stereocenters. The second-order valence-electron chi connectivity index (χ2n) is 13.6. The summed E-state index contributed by atoms with van der Waals surface area (Å²) >= 11 is 0. The second kappa shape index (κ2) is 16.6. The van der Waals surface area contributed by atoms with E-state index in [-0.39, 0.29) is 11.6 Å². The van der Waals surface area contributed by atoms with E-state index < -0.39 is 13.8 Å². The number of carbonyl (C=O) groups is 2. The number of benzene rings is 8. The molecule has 0 heterocycles. The molecule has 0 saturated heterocycles. The molecule has 0 N–H and O–H groups in total. The van der Waals surface area contributed by atoms with Crippen LogP contribution in [-0.4, -0.2) is 23.2 Å². The Morgan fingerprint density at radius 3 is 0.661 bits per heavy atom. The van der Waals surface area contributed by atoms with Crippen LogP contribution in [0.3, 0.4) is 0 Å². The van der Waals surface area contributed by atoms with Gasteiger partial charge in [0, 0.05) is 11.1 Å².